The number of carbonyl (C=O) groups excluding carboxylic acids is 1. The van der Waals surface area contributed by atoms with E-state index >= 15 is 0 Å². The summed E-state index contributed by atoms with van der Waals surface area (Å²) >= 11 is 0. The number of sulfonamides is 1. The van der Waals surface area contributed by atoms with Gasteiger partial charge in [-0.05, 0) is 19.1 Å². The molecule has 1 aromatic carbocycles. The van der Waals surface area contributed by atoms with Crippen LogP contribution in [-0.2, 0) is 14.8 Å². The monoisotopic (exact) mass is 284 g/mol. The van der Waals surface area contributed by atoms with Gasteiger partial charge in [-0.25, -0.2) is 13.6 Å². The molecule has 5 N–H and O–H groups in total. The Bertz CT molecular complexity index is 614. The van der Waals surface area contributed by atoms with Gasteiger partial charge in [-0.1, -0.05) is 6.07 Å². The van der Waals surface area contributed by atoms with E-state index in [9.17, 15) is 13.2 Å². The molecule has 1 fully saturated rings. The van der Waals surface area contributed by atoms with Gasteiger partial charge in [0.25, 0.3) is 0 Å². The van der Waals surface area contributed by atoms with Crippen molar-refractivity contribution >= 4 is 27.3 Å². The van der Waals surface area contributed by atoms with Crippen LogP contribution in [-0.4, -0.2) is 33.5 Å². The highest BCUT2D eigenvalue weighted by Crippen LogP contribution is 2.30. The molecule has 0 saturated carbocycles. The van der Waals surface area contributed by atoms with Crippen molar-refractivity contribution < 1.29 is 13.2 Å². The molecule has 0 aromatic heterocycles. The zero-order valence-corrected chi connectivity index (χ0v) is 11.3. The molecule has 104 valence electrons. The molecule has 2 rings (SSSR count). The first kappa shape index (κ1) is 13.6. The summed E-state index contributed by atoms with van der Waals surface area (Å²) in [4.78, 5) is 13.3. The summed E-state index contributed by atoms with van der Waals surface area (Å²) in [5.74, 6) is -0.119. The Morgan fingerprint density at radius 1 is 1.42 bits per heavy atom. The van der Waals surface area contributed by atoms with Gasteiger partial charge in [0.15, 0.2) is 0 Å². The summed E-state index contributed by atoms with van der Waals surface area (Å²) in [7, 11) is -3.88. The van der Waals surface area contributed by atoms with E-state index < -0.39 is 16.1 Å². The predicted molar refractivity (Wildman–Crippen MR) is 72.0 cm³/mol. The molecular weight excluding hydrogens is 268 g/mol. The van der Waals surface area contributed by atoms with E-state index in [4.69, 9.17) is 10.9 Å². The van der Waals surface area contributed by atoms with Gasteiger partial charge in [0.05, 0.1) is 11.4 Å². The van der Waals surface area contributed by atoms with Crippen LogP contribution < -0.4 is 21.1 Å². The molecule has 1 saturated heterocycles. The number of benzene rings is 1. The topological polar surface area (TPSA) is 119 Å². The summed E-state index contributed by atoms with van der Waals surface area (Å²) in [5, 5.41) is 7.84. The van der Waals surface area contributed by atoms with Crippen molar-refractivity contribution in [2.24, 2.45) is 5.14 Å². The lowest BCUT2D eigenvalue weighted by molar-refractivity contribution is -0.122. The van der Waals surface area contributed by atoms with E-state index in [2.05, 4.69) is 5.32 Å². The highest BCUT2D eigenvalue weighted by Gasteiger charge is 2.28. The fourth-order valence-electron chi connectivity index (χ4n) is 2.14. The van der Waals surface area contributed by atoms with E-state index in [-0.39, 0.29) is 16.5 Å². The lowest BCUT2D eigenvalue weighted by Gasteiger charge is -2.35. The molecule has 1 aromatic rings. The number of nitrogens with two attached hydrogens (primary N) is 2. The second-order valence-electron chi connectivity index (χ2n) is 4.39. The number of para-hydroxylation sites is 1. The highest BCUT2D eigenvalue weighted by atomic mass is 32.2. The summed E-state index contributed by atoms with van der Waals surface area (Å²) in [6.45, 7) is 2.78. The Labute approximate surface area is 111 Å². The average Bonchev–Trinajstić information content (AvgIpc) is 2.32. The predicted octanol–water partition coefficient (Wildman–Crippen LogP) is -0.759. The smallest absolute Gasteiger partial charge is 0.242 e. The molecular formula is C11H16N4O3S. The van der Waals surface area contributed by atoms with Crippen LogP contribution in [0.25, 0.3) is 0 Å². The van der Waals surface area contributed by atoms with Crippen LogP contribution >= 0.6 is 0 Å². The minimum absolute atomic E-state index is 0.0755. The molecule has 0 aliphatic carbocycles. The summed E-state index contributed by atoms with van der Waals surface area (Å²) in [6, 6.07) is 4.18. The number of hydrogen-bond acceptors (Lipinski definition) is 5. The maximum Gasteiger partial charge on any atom is 0.242 e. The van der Waals surface area contributed by atoms with Gasteiger partial charge in [-0.3, -0.25) is 4.79 Å². The molecule has 8 heteroatoms. The minimum Gasteiger partial charge on any atom is -0.396 e. The Morgan fingerprint density at radius 3 is 2.74 bits per heavy atom. The summed E-state index contributed by atoms with van der Waals surface area (Å²) < 4.78 is 22.9. The molecule has 0 spiro atoms. The van der Waals surface area contributed by atoms with Crippen LogP contribution in [0.5, 0.6) is 0 Å². The zero-order valence-electron chi connectivity index (χ0n) is 10.5. The van der Waals surface area contributed by atoms with Crippen LogP contribution in [0.3, 0.4) is 0 Å². The lowest BCUT2D eigenvalue weighted by Crippen LogP contribution is -2.54. The van der Waals surface area contributed by atoms with Gasteiger partial charge in [0, 0.05) is 13.1 Å². The van der Waals surface area contributed by atoms with E-state index in [1.807, 2.05) is 0 Å². The average molecular weight is 284 g/mol. The van der Waals surface area contributed by atoms with Crippen LogP contribution in [0.1, 0.15) is 6.92 Å². The minimum atomic E-state index is -3.88. The first-order valence-corrected chi connectivity index (χ1v) is 7.32. The Balaban J connectivity index is 2.49. The molecule has 1 unspecified atom stereocenters. The summed E-state index contributed by atoms with van der Waals surface area (Å²) in [6.07, 6.45) is 0. The number of rotatable bonds is 2. The third kappa shape index (κ3) is 2.49. The van der Waals surface area contributed by atoms with Crippen molar-refractivity contribution in [3.63, 3.8) is 0 Å². The number of nitrogens with one attached hydrogen (secondary N) is 1. The number of nitrogens with zero attached hydrogens (tertiary/aromatic N) is 1. The Morgan fingerprint density at radius 2 is 2.11 bits per heavy atom. The number of hydrogen-bond donors (Lipinski definition) is 3. The highest BCUT2D eigenvalue weighted by molar-refractivity contribution is 7.89. The van der Waals surface area contributed by atoms with Gasteiger partial charge >= 0.3 is 0 Å². The number of amides is 1. The second-order valence-corrected chi connectivity index (χ2v) is 5.92. The van der Waals surface area contributed by atoms with Gasteiger partial charge in [0.2, 0.25) is 15.9 Å². The van der Waals surface area contributed by atoms with Gasteiger partial charge in [-0.15, -0.1) is 0 Å². The molecule has 19 heavy (non-hydrogen) atoms. The third-order valence-corrected chi connectivity index (χ3v) is 4.13. The Hall–Kier alpha value is -1.80. The standard InChI is InChI=1S/C11H16N4O3S/c1-7-11(16)14-5-6-15(7)8-3-2-4-9(10(8)12)19(13,17)18/h2-4,7H,5-6,12H2,1H3,(H,14,16)(H2,13,17,18). The third-order valence-electron chi connectivity index (χ3n) is 3.16. The van der Waals surface area contributed by atoms with Crippen LogP contribution in [0, 0.1) is 0 Å². The van der Waals surface area contributed by atoms with E-state index in [1.54, 1.807) is 24.0 Å². The van der Waals surface area contributed by atoms with Crippen molar-refractivity contribution in [2.45, 2.75) is 17.9 Å². The number of anilines is 2. The van der Waals surface area contributed by atoms with Crippen molar-refractivity contribution in [3.8, 4) is 0 Å². The van der Waals surface area contributed by atoms with E-state index in [0.717, 1.165) is 0 Å². The fraction of sp³-hybridized carbons (Fsp3) is 0.364. The number of nitrogen functional groups attached to an aromatic ring is 1. The van der Waals surface area contributed by atoms with Crippen molar-refractivity contribution in [1.82, 2.24) is 5.32 Å². The first-order valence-electron chi connectivity index (χ1n) is 5.78. The number of carbonyl (C=O) groups is 1. The van der Waals surface area contributed by atoms with Crippen molar-refractivity contribution in [2.75, 3.05) is 23.7 Å². The second kappa shape index (κ2) is 4.71. The quantitative estimate of drug-likeness (QED) is 0.617. The SMILES string of the molecule is CC1C(=O)NCCN1c1cccc(S(N)(=O)=O)c1N. The zero-order chi connectivity index (χ0) is 14.2. The molecule has 1 atom stereocenters. The number of piperazine rings is 1. The first-order chi connectivity index (χ1) is 8.82. The van der Waals surface area contributed by atoms with E-state index in [0.29, 0.717) is 18.8 Å². The maximum atomic E-state index is 11.6. The molecule has 1 amide bonds. The van der Waals surface area contributed by atoms with Gasteiger partial charge in [0.1, 0.15) is 10.9 Å². The molecule has 0 radical (unpaired) electrons. The van der Waals surface area contributed by atoms with Crippen LogP contribution in [0.2, 0.25) is 0 Å². The van der Waals surface area contributed by atoms with Crippen LogP contribution in [0.4, 0.5) is 11.4 Å². The van der Waals surface area contributed by atoms with Crippen molar-refractivity contribution in [1.29, 1.82) is 0 Å². The molecule has 1 heterocycles. The summed E-state index contributed by atoms with van der Waals surface area (Å²) in [5.41, 5.74) is 6.46. The number of primary sulfonamides is 1. The molecule has 1 aliphatic rings. The fourth-order valence-corrected chi connectivity index (χ4v) is 2.82. The van der Waals surface area contributed by atoms with E-state index in [1.165, 1.54) is 6.07 Å². The molecule has 7 nitrogen and oxygen atoms in total. The maximum absolute atomic E-state index is 11.6. The Kier molecular flexibility index (Phi) is 3.38. The van der Waals surface area contributed by atoms with Gasteiger partial charge < -0.3 is 16.0 Å². The molecule has 0 bridgehead atoms. The van der Waals surface area contributed by atoms with Crippen LogP contribution in [0.15, 0.2) is 23.1 Å². The molecule has 1 aliphatic heterocycles. The van der Waals surface area contributed by atoms with Crippen molar-refractivity contribution in [3.05, 3.63) is 18.2 Å². The normalized spacial score (nSPS) is 20.2. The largest absolute Gasteiger partial charge is 0.396 e. The lowest BCUT2D eigenvalue weighted by atomic mass is 10.1. The van der Waals surface area contributed by atoms with Gasteiger partial charge in [-0.2, -0.15) is 0 Å².